The van der Waals surface area contributed by atoms with Crippen LogP contribution in [0.1, 0.15) is 24.8 Å². The van der Waals surface area contributed by atoms with Crippen LogP contribution in [0.5, 0.6) is 0 Å². The Kier molecular flexibility index (Phi) is 3.95. The maximum absolute atomic E-state index is 10.9. The average molecular weight is 273 g/mol. The molecule has 2 unspecified atom stereocenters. The topological polar surface area (TPSA) is 37.3 Å². The van der Waals surface area contributed by atoms with Crippen LogP contribution in [0.4, 0.5) is 0 Å². The molecular weight excluding hydrogens is 259 g/mol. The highest BCUT2D eigenvalue weighted by atomic mass is 35.5. The molecule has 92 valence electrons. The zero-order valence-electron chi connectivity index (χ0n) is 9.33. The highest BCUT2D eigenvalue weighted by Crippen LogP contribution is 2.34. The van der Waals surface area contributed by atoms with Gasteiger partial charge in [-0.05, 0) is 49.3 Å². The van der Waals surface area contributed by atoms with Crippen molar-refractivity contribution in [2.75, 3.05) is 0 Å². The molecule has 2 atom stereocenters. The summed E-state index contributed by atoms with van der Waals surface area (Å²) in [6.45, 7) is 0. The van der Waals surface area contributed by atoms with Crippen molar-refractivity contribution in [2.45, 2.75) is 25.7 Å². The fourth-order valence-corrected chi connectivity index (χ4v) is 2.81. The second-order valence-corrected chi connectivity index (χ2v) is 5.48. The summed E-state index contributed by atoms with van der Waals surface area (Å²) < 4.78 is 0. The molecule has 1 fully saturated rings. The lowest BCUT2D eigenvalue weighted by molar-refractivity contribution is -0.141. The zero-order chi connectivity index (χ0) is 12.4. The Balaban J connectivity index is 1.98. The predicted molar refractivity (Wildman–Crippen MR) is 68.6 cm³/mol. The second-order valence-electron chi connectivity index (χ2n) is 4.67. The van der Waals surface area contributed by atoms with Crippen molar-refractivity contribution >= 4 is 29.2 Å². The maximum atomic E-state index is 10.9. The van der Waals surface area contributed by atoms with Crippen molar-refractivity contribution in [1.82, 2.24) is 0 Å². The van der Waals surface area contributed by atoms with Gasteiger partial charge in [-0.25, -0.2) is 0 Å². The summed E-state index contributed by atoms with van der Waals surface area (Å²) in [5.41, 5.74) is 1.13. The standard InChI is InChI=1S/C13H14Cl2O2/c14-11-4-2-9(7-12(11)15)5-8-1-3-10(6-8)13(16)17/h2,4,7-8,10H,1,3,5-6H2,(H,16,17). The molecule has 1 aliphatic carbocycles. The van der Waals surface area contributed by atoms with Crippen molar-refractivity contribution in [3.63, 3.8) is 0 Å². The molecule has 0 heterocycles. The van der Waals surface area contributed by atoms with Gasteiger partial charge < -0.3 is 5.11 Å². The van der Waals surface area contributed by atoms with E-state index < -0.39 is 5.97 Å². The molecule has 1 aromatic carbocycles. The molecule has 4 heteroatoms. The summed E-state index contributed by atoms with van der Waals surface area (Å²) in [6.07, 6.45) is 3.44. The van der Waals surface area contributed by atoms with Crippen LogP contribution in [0.3, 0.4) is 0 Å². The summed E-state index contributed by atoms with van der Waals surface area (Å²) in [5, 5.41) is 10.1. The van der Waals surface area contributed by atoms with Crippen LogP contribution in [0, 0.1) is 11.8 Å². The Labute approximate surface area is 111 Å². The van der Waals surface area contributed by atoms with E-state index in [1.807, 2.05) is 12.1 Å². The maximum Gasteiger partial charge on any atom is 0.306 e. The number of aliphatic carboxylic acids is 1. The van der Waals surface area contributed by atoms with Crippen molar-refractivity contribution in [3.8, 4) is 0 Å². The smallest absolute Gasteiger partial charge is 0.306 e. The minimum absolute atomic E-state index is 0.164. The van der Waals surface area contributed by atoms with Crippen molar-refractivity contribution < 1.29 is 9.90 Å². The van der Waals surface area contributed by atoms with Gasteiger partial charge in [0.05, 0.1) is 16.0 Å². The van der Waals surface area contributed by atoms with E-state index in [9.17, 15) is 4.79 Å². The molecule has 1 saturated carbocycles. The third kappa shape index (κ3) is 3.14. The van der Waals surface area contributed by atoms with Gasteiger partial charge in [0, 0.05) is 0 Å². The van der Waals surface area contributed by atoms with E-state index in [0.29, 0.717) is 16.0 Å². The molecule has 17 heavy (non-hydrogen) atoms. The number of hydrogen-bond donors (Lipinski definition) is 1. The highest BCUT2D eigenvalue weighted by molar-refractivity contribution is 6.42. The van der Waals surface area contributed by atoms with Crippen LogP contribution in [-0.2, 0) is 11.2 Å². The van der Waals surface area contributed by atoms with Crippen LogP contribution in [0.15, 0.2) is 18.2 Å². The fourth-order valence-electron chi connectivity index (χ4n) is 2.48. The summed E-state index contributed by atoms with van der Waals surface area (Å²) in [5.74, 6) is -0.377. The van der Waals surface area contributed by atoms with E-state index in [2.05, 4.69) is 0 Å². The molecule has 0 amide bonds. The first-order valence-electron chi connectivity index (χ1n) is 5.73. The predicted octanol–water partition coefficient (Wildman–Crippen LogP) is 4.04. The van der Waals surface area contributed by atoms with E-state index in [0.717, 1.165) is 31.2 Å². The second kappa shape index (κ2) is 5.28. The Bertz CT molecular complexity index is 431. The van der Waals surface area contributed by atoms with Gasteiger partial charge in [-0.15, -0.1) is 0 Å². The molecule has 0 aromatic heterocycles. The van der Waals surface area contributed by atoms with Gasteiger partial charge in [-0.2, -0.15) is 0 Å². The monoisotopic (exact) mass is 272 g/mol. The quantitative estimate of drug-likeness (QED) is 0.902. The van der Waals surface area contributed by atoms with Gasteiger partial charge in [0.15, 0.2) is 0 Å². The lowest BCUT2D eigenvalue weighted by Crippen LogP contribution is -2.10. The van der Waals surface area contributed by atoms with Gasteiger partial charge >= 0.3 is 5.97 Å². The van der Waals surface area contributed by atoms with E-state index in [-0.39, 0.29) is 5.92 Å². The van der Waals surface area contributed by atoms with Gasteiger partial charge in [0.2, 0.25) is 0 Å². The molecule has 0 spiro atoms. The molecule has 0 bridgehead atoms. The first kappa shape index (κ1) is 12.7. The number of benzene rings is 1. The summed E-state index contributed by atoms with van der Waals surface area (Å²) in [7, 11) is 0. The van der Waals surface area contributed by atoms with Crippen LogP contribution in [0.25, 0.3) is 0 Å². The Morgan fingerprint density at radius 2 is 2.06 bits per heavy atom. The lowest BCUT2D eigenvalue weighted by Gasteiger charge is -2.10. The first-order chi connectivity index (χ1) is 8.06. The normalized spacial score (nSPS) is 23.9. The molecule has 0 aliphatic heterocycles. The zero-order valence-corrected chi connectivity index (χ0v) is 10.8. The molecule has 0 radical (unpaired) electrons. The molecule has 2 rings (SSSR count). The largest absolute Gasteiger partial charge is 0.481 e. The first-order valence-corrected chi connectivity index (χ1v) is 6.48. The summed E-state index contributed by atoms with van der Waals surface area (Å²) >= 11 is 11.8. The van der Waals surface area contributed by atoms with Crippen LogP contribution < -0.4 is 0 Å². The van der Waals surface area contributed by atoms with E-state index in [4.69, 9.17) is 28.3 Å². The number of rotatable bonds is 3. The van der Waals surface area contributed by atoms with Crippen LogP contribution in [-0.4, -0.2) is 11.1 Å². The molecule has 2 nitrogen and oxygen atoms in total. The third-order valence-electron chi connectivity index (χ3n) is 3.40. The van der Waals surface area contributed by atoms with Crippen LogP contribution in [0.2, 0.25) is 10.0 Å². The Hall–Kier alpha value is -0.730. The van der Waals surface area contributed by atoms with Gasteiger partial charge in [-0.3, -0.25) is 4.79 Å². The Morgan fingerprint density at radius 1 is 1.29 bits per heavy atom. The summed E-state index contributed by atoms with van der Waals surface area (Å²) in [6, 6.07) is 5.63. The van der Waals surface area contributed by atoms with Crippen molar-refractivity contribution in [1.29, 1.82) is 0 Å². The molecule has 0 saturated heterocycles. The van der Waals surface area contributed by atoms with E-state index >= 15 is 0 Å². The van der Waals surface area contributed by atoms with Crippen molar-refractivity contribution in [2.24, 2.45) is 11.8 Å². The van der Waals surface area contributed by atoms with Crippen LogP contribution >= 0.6 is 23.2 Å². The van der Waals surface area contributed by atoms with Gasteiger partial charge in [0.1, 0.15) is 0 Å². The molecule has 1 aromatic rings. The fraction of sp³-hybridized carbons (Fsp3) is 0.462. The van der Waals surface area contributed by atoms with E-state index in [1.54, 1.807) is 6.07 Å². The number of hydrogen-bond acceptors (Lipinski definition) is 1. The Morgan fingerprint density at radius 3 is 2.65 bits per heavy atom. The SMILES string of the molecule is O=C(O)C1CCC(Cc2ccc(Cl)c(Cl)c2)C1. The average Bonchev–Trinajstić information content (AvgIpc) is 2.72. The minimum Gasteiger partial charge on any atom is -0.481 e. The molecule has 1 N–H and O–H groups in total. The van der Waals surface area contributed by atoms with Crippen molar-refractivity contribution in [3.05, 3.63) is 33.8 Å². The third-order valence-corrected chi connectivity index (χ3v) is 4.14. The lowest BCUT2D eigenvalue weighted by atomic mass is 9.97. The molecular formula is C13H14Cl2O2. The minimum atomic E-state index is -0.665. The van der Waals surface area contributed by atoms with E-state index in [1.165, 1.54) is 0 Å². The highest BCUT2D eigenvalue weighted by Gasteiger charge is 2.29. The summed E-state index contributed by atoms with van der Waals surface area (Å²) in [4.78, 5) is 10.9. The van der Waals surface area contributed by atoms with Gasteiger partial charge in [0.25, 0.3) is 0 Å². The number of carboxylic acids is 1. The van der Waals surface area contributed by atoms with Gasteiger partial charge in [-0.1, -0.05) is 29.3 Å². The number of carboxylic acid groups (broad SMARTS) is 1. The number of halogens is 2. The molecule has 1 aliphatic rings. The number of carbonyl (C=O) groups is 1.